The number of carbonyl (C=O) groups excluding carboxylic acids is 1. The second-order valence-electron chi connectivity index (χ2n) is 5.52. The van der Waals surface area contributed by atoms with Crippen molar-refractivity contribution >= 4 is 5.97 Å². The molecule has 1 aliphatic rings. The summed E-state index contributed by atoms with van der Waals surface area (Å²) in [5.41, 5.74) is 0. The Kier molecular flexibility index (Phi) is 6.09. The number of likely N-dealkylation sites (tertiary alicyclic amines) is 1. The van der Waals surface area contributed by atoms with Crippen molar-refractivity contribution < 1.29 is 9.53 Å². The van der Waals surface area contributed by atoms with Crippen LogP contribution in [-0.4, -0.2) is 61.6 Å². The highest BCUT2D eigenvalue weighted by Gasteiger charge is 2.37. The lowest BCUT2D eigenvalue weighted by atomic mass is 10.1. The molecule has 4 nitrogen and oxygen atoms in total. The van der Waals surface area contributed by atoms with Gasteiger partial charge in [0, 0.05) is 19.1 Å². The predicted molar refractivity (Wildman–Crippen MR) is 73.5 cm³/mol. The highest BCUT2D eigenvalue weighted by molar-refractivity contribution is 5.75. The first-order valence-corrected chi connectivity index (χ1v) is 7.08. The Morgan fingerprint density at radius 1 is 1.39 bits per heavy atom. The zero-order valence-electron chi connectivity index (χ0n) is 12.5. The zero-order chi connectivity index (χ0) is 13.7. The Hall–Kier alpha value is -0.610. The van der Waals surface area contributed by atoms with E-state index in [-0.39, 0.29) is 12.0 Å². The summed E-state index contributed by atoms with van der Waals surface area (Å²) in [6.45, 7) is 8.69. The lowest BCUT2D eigenvalue weighted by Crippen LogP contribution is -2.42. The van der Waals surface area contributed by atoms with Crippen molar-refractivity contribution in [1.82, 2.24) is 9.80 Å². The third-order valence-electron chi connectivity index (χ3n) is 3.83. The number of nitrogens with zero attached hydrogens (tertiary/aromatic N) is 2. The number of ether oxygens (including phenoxy) is 1. The molecule has 0 saturated carbocycles. The van der Waals surface area contributed by atoms with Gasteiger partial charge in [0.15, 0.2) is 0 Å². The number of likely N-dealkylation sites (N-methyl/N-ethyl adjacent to an activating group) is 1. The van der Waals surface area contributed by atoms with Gasteiger partial charge < -0.3 is 9.64 Å². The standard InChI is InChI=1S/C14H28N2O2/c1-6-8-12(14(17)18-7-2)16-9-11(3)13(10-16)15(4)5/h11-13H,6-10H2,1-5H3. The molecule has 106 valence electrons. The molecule has 4 heteroatoms. The fourth-order valence-electron chi connectivity index (χ4n) is 2.87. The highest BCUT2D eigenvalue weighted by Crippen LogP contribution is 2.24. The Labute approximate surface area is 111 Å². The van der Waals surface area contributed by atoms with E-state index < -0.39 is 0 Å². The van der Waals surface area contributed by atoms with Crippen LogP contribution in [0.2, 0.25) is 0 Å². The van der Waals surface area contributed by atoms with E-state index in [4.69, 9.17) is 4.74 Å². The molecule has 0 aromatic heterocycles. The van der Waals surface area contributed by atoms with Crippen molar-refractivity contribution in [2.24, 2.45) is 5.92 Å². The molecule has 3 unspecified atom stereocenters. The lowest BCUT2D eigenvalue weighted by Gasteiger charge is -2.26. The Balaban J connectivity index is 2.67. The molecule has 0 radical (unpaired) electrons. The van der Waals surface area contributed by atoms with Crippen LogP contribution in [0.15, 0.2) is 0 Å². The van der Waals surface area contributed by atoms with Crippen molar-refractivity contribution in [3.63, 3.8) is 0 Å². The summed E-state index contributed by atoms with van der Waals surface area (Å²) >= 11 is 0. The number of hydrogen-bond donors (Lipinski definition) is 0. The molecule has 1 heterocycles. The van der Waals surface area contributed by atoms with E-state index >= 15 is 0 Å². The summed E-state index contributed by atoms with van der Waals surface area (Å²) in [6, 6.07) is 0.487. The topological polar surface area (TPSA) is 32.8 Å². The van der Waals surface area contributed by atoms with Crippen molar-refractivity contribution in [3.8, 4) is 0 Å². The molecule has 1 fully saturated rings. The second kappa shape index (κ2) is 7.10. The van der Waals surface area contributed by atoms with Crippen LogP contribution in [0.5, 0.6) is 0 Å². The van der Waals surface area contributed by atoms with Gasteiger partial charge in [0.05, 0.1) is 6.61 Å². The van der Waals surface area contributed by atoms with Gasteiger partial charge in [0.2, 0.25) is 0 Å². The van der Waals surface area contributed by atoms with Gasteiger partial charge in [-0.3, -0.25) is 9.69 Å². The minimum Gasteiger partial charge on any atom is -0.465 e. The number of hydrogen-bond acceptors (Lipinski definition) is 4. The van der Waals surface area contributed by atoms with E-state index in [1.165, 1.54) is 0 Å². The van der Waals surface area contributed by atoms with E-state index in [2.05, 4.69) is 37.7 Å². The van der Waals surface area contributed by atoms with Gasteiger partial charge in [-0.05, 0) is 33.4 Å². The van der Waals surface area contributed by atoms with Gasteiger partial charge in [-0.25, -0.2) is 0 Å². The van der Waals surface area contributed by atoms with Crippen molar-refractivity contribution in [2.75, 3.05) is 33.8 Å². The molecule has 18 heavy (non-hydrogen) atoms. The van der Waals surface area contributed by atoms with Gasteiger partial charge in [0.25, 0.3) is 0 Å². The molecule has 0 N–H and O–H groups in total. The monoisotopic (exact) mass is 256 g/mol. The summed E-state index contributed by atoms with van der Waals surface area (Å²) < 4.78 is 5.21. The first kappa shape index (κ1) is 15.4. The second-order valence-corrected chi connectivity index (χ2v) is 5.52. The van der Waals surface area contributed by atoms with E-state index in [0.717, 1.165) is 25.9 Å². The quantitative estimate of drug-likeness (QED) is 0.676. The number of carbonyl (C=O) groups is 1. The SMILES string of the molecule is CCCC(C(=O)OCC)N1CC(C)C(N(C)C)C1. The molecule has 0 aliphatic carbocycles. The third kappa shape index (κ3) is 3.69. The van der Waals surface area contributed by atoms with Crippen LogP contribution in [0.25, 0.3) is 0 Å². The van der Waals surface area contributed by atoms with Crippen LogP contribution >= 0.6 is 0 Å². The van der Waals surface area contributed by atoms with E-state index in [0.29, 0.717) is 18.6 Å². The molecule has 0 amide bonds. The molecular weight excluding hydrogens is 228 g/mol. The fraction of sp³-hybridized carbons (Fsp3) is 0.929. The molecular formula is C14H28N2O2. The third-order valence-corrected chi connectivity index (χ3v) is 3.83. The van der Waals surface area contributed by atoms with Crippen molar-refractivity contribution in [3.05, 3.63) is 0 Å². The van der Waals surface area contributed by atoms with Gasteiger partial charge in [-0.15, -0.1) is 0 Å². The molecule has 1 rings (SSSR count). The van der Waals surface area contributed by atoms with E-state index in [9.17, 15) is 4.79 Å². The van der Waals surface area contributed by atoms with Gasteiger partial charge in [-0.1, -0.05) is 20.3 Å². The van der Waals surface area contributed by atoms with Crippen LogP contribution in [0.4, 0.5) is 0 Å². The lowest BCUT2D eigenvalue weighted by molar-refractivity contribution is -0.149. The normalized spacial score (nSPS) is 26.6. The average Bonchev–Trinajstić information content (AvgIpc) is 2.68. The minimum atomic E-state index is -0.0534. The molecule has 1 aliphatic heterocycles. The summed E-state index contributed by atoms with van der Waals surface area (Å²) in [4.78, 5) is 16.6. The van der Waals surface area contributed by atoms with E-state index in [1.54, 1.807) is 0 Å². The van der Waals surface area contributed by atoms with Gasteiger partial charge in [0.1, 0.15) is 6.04 Å². The summed E-state index contributed by atoms with van der Waals surface area (Å²) in [5, 5.41) is 0. The smallest absolute Gasteiger partial charge is 0.323 e. The fourth-order valence-corrected chi connectivity index (χ4v) is 2.87. The molecule has 3 atom stereocenters. The Morgan fingerprint density at radius 3 is 2.50 bits per heavy atom. The van der Waals surface area contributed by atoms with Crippen LogP contribution in [0, 0.1) is 5.92 Å². The maximum Gasteiger partial charge on any atom is 0.323 e. The van der Waals surface area contributed by atoms with Crippen molar-refractivity contribution in [2.45, 2.75) is 45.7 Å². The Bertz CT molecular complexity index is 269. The average molecular weight is 256 g/mol. The first-order chi connectivity index (χ1) is 8.51. The van der Waals surface area contributed by atoms with E-state index in [1.807, 2.05) is 6.92 Å². The van der Waals surface area contributed by atoms with Gasteiger partial charge in [-0.2, -0.15) is 0 Å². The molecule has 1 saturated heterocycles. The summed E-state index contributed by atoms with van der Waals surface area (Å²) in [5.74, 6) is 0.555. The van der Waals surface area contributed by atoms with Crippen LogP contribution in [0.3, 0.4) is 0 Å². The van der Waals surface area contributed by atoms with Crippen LogP contribution in [-0.2, 0) is 9.53 Å². The first-order valence-electron chi connectivity index (χ1n) is 7.08. The molecule has 0 spiro atoms. The van der Waals surface area contributed by atoms with Crippen LogP contribution < -0.4 is 0 Å². The molecule has 0 aromatic rings. The predicted octanol–water partition coefficient (Wildman–Crippen LogP) is 1.60. The maximum absolute atomic E-state index is 12.0. The largest absolute Gasteiger partial charge is 0.465 e. The van der Waals surface area contributed by atoms with Gasteiger partial charge >= 0.3 is 5.97 Å². The summed E-state index contributed by atoms with van der Waals surface area (Å²) in [6.07, 6.45) is 1.91. The van der Waals surface area contributed by atoms with Crippen LogP contribution in [0.1, 0.15) is 33.6 Å². The van der Waals surface area contributed by atoms with Crippen molar-refractivity contribution in [1.29, 1.82) is 0 Å². The summed E-state index contributed by atoms with van der Waals surface area (Å²) in [7, 11) is 4.23. The minimum absolute atomic E-state index is 0.0500. The number of esters is 1. The zero-order valence-corrected chi connectivity index (χ0v) is 12.5. The highest BCUT2D eigenvalue weighted by atomic mass is 16.5. The number of rotatable bonds is 6. The molecule has 0 aromatic carbocycles. The maximum atomic E-state index is 12.0. The molecule has 0 bridgehead atoms. The Morgan fingerprint density at radius 2 is 2.06 bits per heavy atom.